The molecule has 2 N–H and O–H groups in total. The van der Waals surface area contributed by atoms with E-state index in [1.807, 2.05) is 12.1 Å². The summed E-state index contributed by atoms with van der Waals surface area (Å²) < 4.78 is 5.20. The van der Waals surface area contributed by atoms with E-state index in [1.165, 1.54) is 5.56 Å². The first-order valence-corrected chi connectivity index (χ1v) is 7.23. The molecule has 1 heterocycles. The highest BCUT2D eigenvalue weighted by Crippen LogP contribution is 2.35. The molecule has 2 rings (SSSR count). The Kier molecular flexibility index (Phi) is 4.71. The average molecular weight is 283 g/mol. The molecule has 0 saturated carbocycles. The second-order valence-electron chi connectivity index (χ2n) is 5.68. The highest BCUT2D eigenvalue weighted by atomic mass is 35.5. The third-order valence-electron chi connectivity index (χ3n) is 3.67. The quantitative estimate of drug-likeness (QED) is 0.922. The normalized spacial score (nSPS) is 24.1. The lowest BCUT2D eigenvalue weighted by molar-refractivity contribution is 0.221. The Morgan fingerprint density at radius 3 is 2.79 bits per heavy atom. The lowest BCUT2D eigenvalue weighted by atomic mass is 10.00. The lowest BCUT2D eigenvalue weighted by Gasteiger charge is -2.28. The predicted octanol–water partition coefficient (Wildman–Crippen LogP) is 3.08. The number of ether oxygens (including phenoxy) is 1. The third kappa shape index (κ3) is 3.22. The molecule has 0 aromatic heterocycles. The number of methoxy groups -OCH3 is 1. The van der Waals surface area contributed by atoms with Crippen molar-refractivity contribution in [3.8, 4) is 5.75 Å². The van der Waals surface area contributed by atoms with Crippen molar-refractivity contribution in [1.29, 1.82) is 0 Å². The van der Waals surface area contributed by atoms with E-state index in [9.17, 15) is 0 Å². The van der Waals surface area contributed by atoms with Gasteiger partial charge in [-0.25, -0.2) is 0 Å². The Labute approximate surface area is 120 Å². The van der Waals surface area contributed by atoms with E-state index in [-0.39, 0.29) is 12.1 Å². The first kappa shape index (κ1) is 14.6. The average Bonchev–Trinajstić information content (AvgIpc) is 2.69. The maximum absolute atomic E-state index is 6.28. The van der Waals surface area contributed by atoms with E-state index in [0.29, 0.717) is 16.7 Å². The van der Waals surface area contributed by atoms with Crippen LogP contribution in [0.25, 0.3) is 0 Å². The maximum Gasteiger partial charge on any atom is 0.137 e. The molecular weight excluding hydrogens is 260 g/mol. The van der Waals surface area contributed by atoms with Crippen LogP contribution in [0.2, 0.25) is 5.02 Å². The third-order valence-corrected chi connectivity index (χ3v) is 3.96. The van der Waals surface area contributed by atoms with Gasteiger partial charge in [0, 0.05) is 25.2 Å². The molecule has 2 unspecified atom stereocenters. The molecule has 3 nitrogen and oxygen atoms in total. The summed E-state index contributed by atoms with van der Waals surface area (Å²) in [5, 5.41) is 0.656. The van der Waals surface area contributed by atoms with Crippen LogP contribution in [-0.2, 0) is 0 Å². The topological polar surface area (TPSA) is 38.5 Å². The fourth-order valence-corrected chi connectivity index (χ4v) is 3.15. The van der Waals surface area contributed by atoms with Crippen LogP contribution in [0.4, 0.5) is 0 Å². The van der Waals surface area contributed by atoms with Crippen molar-refractivity contribution < 1.29 is 4.74 Å². The van der Waals surface area contributed by atoms with Crippen molar-refractivity contribution in [2.75, 3.05) is 20.2 Å². The molecule has 1 fully saturated rings. The molecule has 0 aliphatic carbocycles. The molecule has 106 valence electrons. The van der Waals surface area contributed by atoms with Gasteiger partial charge in [-0.3, -0.25) is 4.90 Å². The Balaban J connectivity index is 2.24. The van der Waals surface area contributed by atoms with Gasteiger partial charge in [-0.1, -0.05) is 31.5 Å². The van der Waals surface area contributed by atoms with E-state index >= 15 is 0 Å². The minimum atomic E-state index is 0.184. The Morgan fingerprint density at radius 2 is 2.21 bits per heavy atom. The van der Waals surface area contributed by atoms with E-state index in [4.69, 9.17) is 22.1 Å². The summed E-state index contributed by atoms with van der Waals surface area (Å²) in [4.78, 5) is 2.47. The largest absolute Gasteiger partial charge is 0.495 e. The summed E-state index contributed by atoms with van der Waals surface area (Å²) in [6, 6.07) is 6.45. The molecule has 1 aliphatic rings. The van der Waals surface area contributed by atoms with E-state index in [1.54, 1.807) is 7.11 Å². The van der Waals surface area contributed by atoms with Gasteiger partial charge in [0.2, 0.25) is 0 Å². The molecule has 4 heteroatoms. The zero-order valence-corrected chi connectivity index (χ0v) is 12.7. The van der Waals surface area contributed by atoms with Crippen molar-refractivity contribution in [3.63, 3.8) is 0 Å². The first-order valence-electron chi connectivity index (χ1n) is 6.86. The summed E-state index contributed by atoms with van der Waals surface area (Å²) in [6.45, 7) is 6.61. The number of rotatable bonds is 4. The van der Waals surface area contributed by atoms with Crippen molar-refractivity contribution >= 4 is 11.6 Å². The number of benzene rings is 1. The van der Waals surface area contributed by atoms with Crippen LogP contribution in [-0.4, -0.2) is 31.1 Å². The van der Waals surface area contributed by atoms with E-state index in [2.05, 4.69) is 24.8 Å². The molecule has 0 spiro atoms. The summed E-state index contributed by atoms with van der Waals surface area (Å²) in [5.41, 5.74) is 7.47. The van der Waals surface area contributed by atoms with Crippen LogP contribution in [0.3, 0.4) is 0 Å². The Hall–Kier alpha value is -0.770. The van der Waals surface area contributed by atoms with Crippen LogP contribution in [0, 0.1) is 5.92 Å². The van der Waals surface area contributed by atoms with Gasteiger partial charge in [-0.2, -0.15) is 0 Å². The number of hydrogen-bond acceptors (Lipinski definition) is 3. The first-order chi connectivity index (χ1) is 9.02. The molecule has 19 heavy (non-hydrogen) atoms. The Bertz CT molecular complexity index is 436. The second kappa shape index (κ2) is 6.12. The fraction of sp³-hybridized carbons (Fsp3) is 0.600. The lowest BCUT2D eigenvalue weighted by Crippen LogP contribution is -2.33. The predicted molar refractivity (Wildman–Crippen MR) is 79.7 cm³/mol. The number of nitrogens with two attached hydrogens (primary N) is 1. The second-order valence-corrected chi connectivity index (χ2v) is 6.09. The molecular formula is C15H23ClN2O. The van der Waals surface area contributed by atoms with Crippen molar-refractivity contribution in [1.82, 2.24) is 4.90 Å². The maximum atomic E-state index is 6.28. The molecule has 1 aromatic carbocycles. The summed E-state index contributed by atoms with van der Waals surface area (Å²) in [7, 11) is 1.63. The molecule has 0 bridgehead atoms. The number of likely N-dealkylation sites (tertiary alicyclic amines) is 1. The van der Waals surface area contributed by atoms with Crippen molar-refractivity contribution in [2.24, 2.45) is 11.7 Å². The van der Waals surface area contributed by atoms with Gasteiger partial charge < -0.3 is 10.5 Å². The molecule has 1 saturated heterocycles. The monoisotopic (exact) mass is 282 g/mol. The molecule has 2 atom stereocenters. The minimum Gasteiger partial charge on any atom is -0.495 e. The van der Waals surface area contributed by atoms with Gasteiger partial charge in [0.1, 0.15) is 5.75 Å². The highest BCUT2D eigenvalue weighted by molar-refractivity contribution is 6.32. The number of hydrogen-bond donors (Lipinski definition) is 1. The van der Waals surface area contributed by atoms with Gasteiger partial charge in [-0.05, 0) is 30.0 Å². The zero-order valence-electron chi connectivity index (χ0n) is 11.9. The van der Waals surface area contributed by atoms with Gasteiger partial charge in [0.25, 0.3) is 0 Å². The smallest absolute Gasteiger partial charge is 0.137 e. The number of halogens is 1. The molecule has 0 radical (unpaired) electrons. The van der Waals surface area contributed by atoms with Crippen LogP contribution in [0.1, 0.15) is 31.9 Å². The van der Waals surface area contributed by atoms with Crippen LogP contribution >= 0.6 is 11.6 Å². The molecule has 1 aromatic rings. The summed E-state index contributed by atoms with van der Waals surface area (Å²) in [5.74, 6) is 1.36. The van der Waals surface area contributed by atoms with Crippen molar-refractivity contribution in [2.45, 2.75) is 32.4 Å². The van der Waals surface area contributed by atoms with E-state index < -0.39 is 0 Å². The van der Waals surface area contributed by atoms with Crippen LogP contribution in [0.15, 0.2) is 18.2 Å². The SMILES string of the molecule is COc1ccc(C2C(N)CCN2CC(C)C)cc1Cl. The summed E-state index contributed by atoms with van der Waals surface area (Å²) >= 11 is 6.22. The van der Waals surface area contributed by atoms with Gasteiger partial charge >= 0.3 is 0 Å². The van der Waals surface area contributed by atoms with Gasteiger partial charge in [0.05, 0.1) is 12.1 Å². The Morgan fingerprint density at radius 1 is 1.47 bits per heavy atom. The molecule has 1 aliphatic heterocycles. The standard InChI is InChI=1S/C15H23ClN2O/c1-10(2)9-18-7-6-13(17)15(18)11-4-5-14(19-3)12(16)8-11/h4-5,8,10,13,15H,6-7,9,17H2,1-3H3. The van der Waals surface area contributed by atoms with Crippen LogP contribution < -0.4 is 10.5 Å². The summed E-state index contributed by atoms with van der Waals surface area (Å²) in [6.07, 6.45) is 1.04. The van der Waals surface area contributed by atoms with Crippen molar-refractivity contribution in [3.05, 3.63) is 28.8 Å². The highest BCUT2D eigenvalue weighted by Gasteiger charge is 2.33. The van der Waals surface area contributed by atoms with Gasteiger partial charge in [0.15, 0.2) is 0 Å². The number of nitrogens with zero attached hydrogens (tertiary/aromatic N) is 1. The zero-order chi connectivity index (χ0) is 14.0. The minimum absolute atomic E-state index is 0.184. The van der Waals surface area contributed by atoms with Crippen LogP contribution in [0.5, 0.6) is 5.75 Å². The molecule has 0 amide bonds. The van der Waals surface area contributed by atoms with Gasteiger partial charge in [-0.15, -0.1) is 0 Å². The van der Waals surface area contributed by atoms with E-state index in [0.717, 1.165) is 19.5 Å². The fourth-order valence-electron chi connectivity index (χ4n) is 2.88.